The fourth-order valence-corrected chi connectivity index (χ4v) is 1.89. The second-order valence-corrected chi connectivity index (χ2v) is 4.39. The van der Waals surface area contributed by atoms with E-state index in [2.05, 4.69) is 61.7 Å². The Morgan fingerprint density at radius 2 is 1.93 bits per heavy atom. The standard InChI is InChI=1S/C14H17N/c1-11(2)10-15-12(3)8-9-13-6-4-5-7-14(13)15/h4-9,11H,3,10H2,1-2H3. The van der Waals surface area contributed by atoms with E-state index in [1.807, 2.05) is 0 Å². The van der Waals surface area contributed by atoms with Crippen LogP contribution in [0.5, 0.6) is 0 Å². The zero-order valence-electron chi connectivity index (χ0n) is 9.40. The van der Waals surface area contributed by atoms with E-state index in [1.54, 1.807) is 0 Å². The van der Waals surface area contributed by atoms with E-state index < -0.39 is 0 Å². The first-order valence-corrected chi connectivity index (χ1v) is 5.42. The lowest BCUT2D eigenvalue weighted by molar-refractivity contribution is 0.642. The molecule has 0 radical (unpaired) electrons. The number of hydrogen-bond acceptors (Lipinski definition) is 1. The van der Waals surface area contributed by atoms with E-state index in [0.29, 0.717) is 5.92 Å². The second kappa shape index (κ2) is 3.93. The molecule has 0 saturated heterocycles. The third-order valence-corrected chi connectivity index (χ3v) is 2.58. The van der Waals surface area contributed by atoms with Crippen molar-refractivity contribution in [1.29, 1.82) is 0 Å². The van der Waals surface area contributed by atoms with Gasteiger partial charge >= 0.3 is 0 Å². The molecule has 1 aromatic carbocycles. The summed E-state index contributed by atoms with van der Waals surface area (Å²) < 4.78 is 0. The number of benzene rings is 1. The van der Waals surface area contributed by atoms with Crippen LogP contribution in [0, 0.1) is 5.92 Å². The Morgan fingerprint density at radius 3 is 2.67 bits per heavy atom. The van der Waals surface area contributed by atoms with E-state index >= 15 is 0 Å². The lowest BCUT2D eigenvalue weighted by atomic mass is 10.0. The van der Waals surface area contributed by atoms with Crippen LogP contribution in [0.15, 0.2) is 42.6 Å². The number of anilines is 1. The van der Waals surface area contributed by atoms with Crippen LogP contribution in [-0.2, 0) is 0 Å². The largest absolute Gasteiger partial charge is 0.341 e. The maximum atomic E-state index is 4.09. The van der Waals surface area contributed by atoms with Gasteiger partial charge in [-0.1, -0.05) is 44.7 Å². The van der Waals surface area contributed by atoms with Crippen molar-refractivity contribution in [3.63, 3.8) is 0 Å². The summed E-state index contributed by atoms with van der Waals surface area (Å²) in [4.78, 5) is 2.29. The average molecular weight is 199 g/mol. The molecule has 1 aliphatic rings. The van der Waals surface area contributed by atoms with Gasteiger partial charge in [-0.3, -0.25) is 0 Å². The van der Waals surface area contributed by atoms with Gasteiger partial charge in [-0.15, -0.1) is 0 Å². The predicted octanol–water partition coefficient (Wildman–Crippen LogP) is 3.69. The third-order valence-electron chi connectivity index (χ3n) is 2.58. The number of rotatable bonds is 2. The monoisotopic (exact) mass is 199 g/mol. The van der Waals surface area contributed by atoms with Gasteiger partial charge in [0.1, 0.15) is 0 Å². The van der Waals surface area contributed by atoms with Crippen LogP contribution >= 0.6 is 0 Å². The maximum absolute atomic E-state index is 4.09. The molecule has 0 amide bonds. The first kappa shape index (κ1) is 10.0. The Labute approximate surface area is 91.7 Å². The molecule has 1 nitrogen and oxygen atoms in total. The van der Waals surface area contributed by atoms with E-state index in [0.717, 1.165) is 12.2 Å². The molecule has 0 saturated carbocycles. The highest BCUT2D eigenvalue weighted by molar-refractivity contribution is 5.75. The maximum Gasteiger partial charge on any atom is 0.0484 e. The Bertz CT molecular complexity index is 402. The lowest BCUT2D eigenvalue weighted by Crippen LogP contribution is -2.27. The van der Waals surface area contributed by atoms with Crippen LogP contribution in [0.2, 0.25) is 0 Å². The predicted molar refractivity (Wildman–Crippen MR) is 66.8 cm³/mol. The smallest absolute Gasteiger partial charge is 0.0484 e. The highest BCUT2D eigenvalue weighted by Crippen LogP contribution is 2.30. The van der Waals surface area contributed by atoms with Gasteiger partial charge in [0, 0.05) is 17.9 Å². The van der Waals surface area contributed by atoms with Gasteiger partial charge in [0.05, 0.1) is 0 Å². The summed E-state index contributed by atoms with van der Waals surface area (Å²) in [5.74, 6) is 0.640. The molecule has 0 N–H and O–H groups in total. The fourth-order valence-electron chi connectivity index (χ4n) is 1.89. The van der Waals surface area contributed by atoms with Crippen molar-refractivity contribution in [3.05, 3.63) is 48.2 Å². The van der Waals surface area contributed by atoms with Crippen molar-refractivity contribution in [1.82, 2.24) is 0 Å². The molecular formula is C14H17N. The molecule has 0 aliphatic carbocycles. The van der Waals surface area contributed by atoms with E-state index in [1.165, 1.54) is 11.3 Å². The summed E-state index contributed by atoms with van der Waals surface area (Å²) in [6, 6.07) is 8.46. The molecule has 1 heteroatoms. The van der Waals surface area contributed by atoms with Crippen molar-refractivity contribution >= 4 is 11.8 Å². The van der Waals surface area contributed by atoms with Gasteiger partial charge in [0.2, 0.25) is 0 Å². The Balaban J connectivity index is 2.38. The molecule has 15 heavy (non-hydrogen) atoms. The van der Waals surface area contributed by atoms with Gasteiger partial charge in [-0.25, -0.2) is 0 Å². The molecule has 1 heterocycles. The van der Waals surface area contributed by atoms with E-state index in [9.17, 15) is 0 Å². The van der Waals surface area contributed by atoms with Gasteiger partial charge in [-0.05, 0) is 23.6 Å². The van der Waals surface area contributed by atoms with Gasteiger partial charge in [0.15, 0.2) is 0 Å². The average Bonchev–Trinajstić information content (AvgIpc) is 2.22. The number of allylic oxidation sites excluding steroid dienone is 1. The second-order valence-electron chi connectivity index (χ2n) is 4.39. The van der Waals surface area contributed by atoms with E-state index in [-0.39, 0.29) is 0 Å². The van der Waals surface area contributed by atoms with E-state index in [4.69, 9.17) is 0 Å². The fraction of sp³-hybridized carbons (Fsp3) is 0.286. The minimum atomic E-state index is 0.640. The summed E-state index contributed by atoms with van der Waals surface area (Å²) in [6.45, 7) is 9.58. The Hall–Kier alpha value is -1.50. The van der Waals surface area contributed by atoms with Crippen molar-refractivity contribution in [2.75, 3.05) is 11.4 Å². The highest BCUT2D eigenvalue weighted by Gasteiger charge is 2.15. The number of nitrogens with zero attached hydrogens (tertiary/aromatic N) is 1. The molecule has 1 aromatic rings. The Kier molecular flexibility index (Phi) is 2.63. The molecule has 0 unspecified atom stereocenters. The van der Waals surface area contributed by atoms with Gasteiger partial charge in [0.25, 0.3) is 0 Å². The summed E-state index contributed by atoms with van der Waals surface area (Å²) in [5, 5.41) is 0. The van der Waals surface area contributed by atoms with Crippen LogP contribution in [0.4, 0.5) is 5.69 Å². The van der Waals surface area contributed by atoms with Crippen LogP contribution in [0.25, 0.3) is 6.08 Å². The number of fused-ring (bicyclic) bond motifs is 1. The molecule has 2 rings (SSSR count). The molecule has 0 atom stereocenters. The van der Waals surface area contributed by atoms with Crippen LogP contribution in [0.1, 0.15) is 19.4 Å². The van der Waals surface area contributed by atoms with Crippen LogP contribution < -0.4 is 4.90 Å². The lowest BCUT2D eigenvalue weighted by Gasteiger charge is -2.31. The molecule has 1 aliphatic heterocycles. The molecular weight excluding hydrogens is 182 g/mol. The zero-order chi connectivity index (χ0) is 10.8. The summed E-state index contributed by atoms with van der Waals surface area (Å²) >= 11 is 0. The topological polar surface area (TPSA) is 3.24 Å². The van der Waals surface area contributed by atoms with Crippen LogP contribution in [-0.4, -0.2) is 6.54 Å². The number of para-hydroxylation sites is 1. The highest BCUT2D eigenvalue weighted by atomic mass is 15.1. The first-order chi connectivity index (χ1) is 7.18. The van der Waals surface area contributed by atoms with Crippen molar-refractivity contribution in [3.8, 4) is 0 Å². The molecule has 78 valence electrons. The van der Waals surface area contributed by atoms with Crippen LogP contribution in [0.3, 0.4) is 0 Å². The molecule has 0 aromatic heterocycles. The van der Waals surface area contributed by atoms with Gasteiger partial charge < -0.3 is 4.90 Å². The molecule has 0 bridgehead atoms. The Morgan fingerprint density at radius 1 is 1.20 bits per heavy atom. The first-order valence-electron chi connectivity index (χ1n) is 5.42. The summed E-state index contributed by atoms with van der Waals surface area (Å²) in [7, 11) is 0. The SMILES string of the molecule is C=C1C=Cc2ccccc2N1CC(C)C. The minimum Gasteiger partial charge on any atom is -0.341 e. The minimum absolute atomic E-state index is 0.640. The van der Waals surface area contributed by atoms with Crippen molar-refractivity contribution in [2.24, 2.45) is 5.92 Å². The summed E-state index contributed by atoms with van der Waals surface area (Å²) in [6.07, 6.45) is 4.22. The normalized spacial score (nSPS) is 14.6. The molecule has 0 spiro atoms. The molecule has 0 fully saturated rings. The number of hydrogen-bond donors (Lipinski definition) is 0. The zero-order valence-corrected chi connectivity index (χ0v) is 9.40. The van der Waals surface area contributed by atoms with Crippen molar-refractivity contribution in [2.45, 2.75) is 13.8 Å². The summed E-state index contributed by atoms with van der Waals surface area (Å²) in [5.41, 5.74) is 3.65. The third kappa shape index (κ3) is 1.96. The quantitative estimate of drug-likeness (QED) is 0.702. The van der Waals surface area contributed by atoms with Crippen molar-refractivity contribution < 1.29 is 0 Å². The van der Waals surface area contributed by atoms with Gasteiger partial charge in [-0.2, -0.15) is 0 Å².